The lowest BCUT2D eigenvalue weighted by atomic mass is 10.2. The highest BCUT2D eigenvalue weighted by Gasteiger charge is 2.11. The molecule has 3 aromatic rings. The largest absolute Gasteiger partial charge is 0.494 e. The van der Waals surface area contributed by atoms with E-state index in [1.54, 1.807) is 22.8 Å². The molecule has 1 aromatic heterocycles. The maximum atomic E-state index is 12.3. The number of benzene rings is 2. The predicted molar refractivity (Wildman–Crippen MR) is 117 cm³/mol. The molecular weight excluding hydrogens is 431 g/mol. The van der Waals surface area contributed by atoms with Crippen molar-refractivity contribution in [1.29, 1.82) is 0 Å². The average Bonchev–Trinajstić information content (AvgIpc) is 3.07. The van der Waals surface area contributed by atoms with E-state index in [-0.39, 0.29) is 12.3 Å². The number of nitrogens with zero attached hydrogens (tertiary/aromatic N) is 2. The Morgan fingerprint density at radius 1 is 1.24 bits per heavy atom. The van der Waals surface area contributed by atoms with Gasteiger partial charge in [-0.15, -0.1) is 0 Å². The molecule has 152 valence electrons. The normalized spacial score (nSPS) is 10.7. The first kappa shape index (κ1) is 21.4. The Balaban J connectivity index is 1.62. The number of hydrogen-bond donors (Lipinski definition) is 2. The minimum atomic E-state index is -0.114. The molecule has 0 unspecified atom stereocenters. The molecule has 0 radical (unpaired) electrons. The van der Waals surface area contributed by atoms with Crippen LogP contribution in [0.3, 0.4) is 0 Å². The Labute approximate surface area is 183 Å². The monoisotopic (exact) mass is 450 g/mol. The second kappa shape index (κ2) is 9.91. The Kier molecular flexibility index (Phi) is 7.30. The molecular formula is C20H20Cl2N4O2S. The summed E-state index contributed by atoms with van der Waals surface area (Å²) in [7, 11) is 0. The fourth-order valence-corrected chi connectivity index (χ4v) is 3.47. The molecule has 0 saturated carbocycles. The van der Waals surface area contributed by atoms with Gasteiger partial charge in [-0.3, -0.25) is 14.5 Å². The van der Waals surface area contributed by atoms with Gasteiger partial charge in [-0.1, -0.05) is 29.3 Å². The number of carbonyl (C=O) groups is 1. The number of H-pyrrole nitrogens is 1. The van der Waals surface area contributed by atoms with Crippen molar-refractivity contribution < 1.29 is 9.53 Å². The lowest BCUT2D eigenvalue weighted by molar-refractivity contribution is -0.121. The maximum absolute atomic E-state index is 12.3. The van der Waals surface area contributed by atoms with Crippen LogP contribution >= 0.6 is 35.4 Å². The third-order valence-corrected chi connectivity index (χ3v) is 5.13. The minimum absolute atomic E-state index is 0.114. The van der Waals surface area contributed by atoms with Crippen molar-refractivity contribution in [2.45, 2.75) is 26.4 Å². The summed E-state index contributed by atoms with van der Waals surface area (Å²) in [5.74, 6) is 1.35. The van der Waals surface area contributed by atoms with E-state index in [1.807, 2.05) is 31.2 Å². The molecule has 2 aromatic carbocycles. The molecule has 2 N–H and O–H groups in total. The predicted octanol–water partition coefficient (Wildman–Crippen LogP) is 5.02. The summed E-state index contributed by atoms with van der Waals surface area (Å²) in [4.78, 5) is 12.3. The molecule has 0 bridgehead atoms. The van der Waals surface area contributed by atoms with E-state index in [9.17, 15) is 4.79 Å². The standard InChI is InChI=1S/C20H20Cl2N4O2S/c1-2-28-16-7-4-13(5-8-16)19-24-25-20(29)26(19)10-9-18(27)23-12-14-3-6-15(21)11-17(14)22/h3-8,11H,2,9-10,12H2,1H3,(H,23,27)(H,25,29). The summed E-state index contributed by atoms with van der Waals surface area (Å²) in [6.45, 7) is 3.27. The van der Waals surface area contributed by atoms with Crippen LogP contribution in [0.5, 0.6) is 5.75 Å². The molecule has 0 saturated heterocycles. The Morgan fingerprint density at radius 3 is 2.69 bits per heavy atom. The van der Waals surface area contributed by atoms with Crippen LogP contribution in [0.4, 0.5) is 0 Å². The van der Waals surface area contributed by atoms with E-state index in [0.29, 0.717) is 40.3 Å². The topological polar surface area (TPSA) is 71.9 Å². The van der Waals surface area contributed by atoms with Crippen LogP contribution in [-0.4, -0.2) is 27.3 Å². The second-order valence-electron chi connectivity index (χ2n) is 6.22. The van der Waals surface area contributed by atoms with Gasteiger partial charge in [0.2, 0.25) is 5.91 Å². The number of ether oxygens (including phenoxy) is 1. The summed E-state index contributed by atoms with van der Waals surface area (Å²) < 4.78 is 7.73. The zero-order chi connectivity index (χ0) is 20.8. The summed E-state index contributed by atoms with van der Waals surface area (Å²) in [6.07, 6.45) is 0.253. The van der Waals surface area contributed by atoms with Crippen molar-refractivity contribution in [1.82, 2.24) is 20.1 Å². The highest BCUT2D eigenvalue weighted by molar-refractivity contribution is 7.71. The zero-order valence-electron chi connectivity index (χ0n) is 15.7. The molecule has 0 aliphatic heterocycles. The highest BCUT2D eigenvalue weighted by atomic mass is 35.5. The van der Waals surface area contributed by atoms with Gasteiger partial charge in [-0.25, -0.2) is 0 Å². The third kappa shape index (κ3) is 5.59. The fourth-order valence-electron chi connectivity index (χ4n) is 2.77. The second-order valence-corrected chi connectivity index (χ2v) is 7.45. The molecule has 0 aliphatic carbocycles. The lowest BCUT2D eigenvalue weighted by Gasteiger charge is -2.10. The highest BCUT2D eigenvalue weighted by Crippen LogP contribution is 2.22. The number of halogens is 2. The summed E-state index contributed by atoms with van der Waals surface area (Å²) in [6, 6.07) is 12.8. The molecule has 6 nitrogen and oxygen atoms in total. The third-order valence-electron chi connectivity index (χ3n) is 4.24. The Morgan fingerprint density at radius 2 is 2.00 bits per heavy atom. The van der Waals surface area contributed by atoms with Crippen molar-refractivity contribution in [2.24, 2.45) is 0 Å². The summed E-state index contributed by atoms with van der Waals surface area (Å²) in [5.41, 5.74) is 1.69. The van der Waals surface area contributed by atoms with Gasteiger partial charge >= 0.3 is 0 Å². The first-order valence-electron chi connectivity index (χ1n) is 9.07. The van der Waals surface area contributed by atoms with Crippen LogP contribution in [0.2, 0.25) is 10.0 Å². The van der Waals surface area contributed by atoms with E-state index in [0.717, 1.165) is 16.9 Å². The van der Waals surface area contributed by atoms with Crippen LogP contribution in [0.15, 0.2) is 42.5 Å². The van der Waals surface area contributed by atoms with Gasteiger partial charge in [0.1, 0.15) is 5.75 Å². The van der Waals surface area contributed by atoms with Crippen molar-refractivity contribution in [2.75, 3.05) is 6.61 Å². The number of amides is 1. The van der Waals surface area contributed by atoms with Gasteiger partial charge in [0, 0.05) is 35.1 Å². The molecule has 0 fully saturated rings. The van der Waals surface area contributed by atoms with Gasteiger partial charge < -0.3 is 10.1 Å². The number of nitrogens with one attached hydrogen (secondary N) is 2. The molecule has 3 rings (SSSR count). The zero-order valence-corrected chi connectivity index (χ0v) is 18.1. The fraction of sp³-hybridized carbons (Fsp3) is 0.250. The number of rotatable bonds is 8. The average molecular weight is 451 g/mol. The molecule has 0 aliphatic rings. The van der Waals surface area contributed by atoms with E-state index in [4.69, 9.17) is 40.2 Å². The quantitative estimate of drug-likeness (QED) is 0.472. The van der Waals surface area contributed by atoms with Gasteiger partial charge in [0.05, 0.1) is 6.61 Å². The van der Waals surface area contributed by atoms with Gasteiger partial charge in [0.25, 0.3) is 0 Å². The van der Waals surface area contributed by atoms with E-state index < -0.39 is 0 Å². The number of hydrogen-bond acceptors (Lipinski definition) is 4. The van der Waals surface area contributed by atoms with Gasteiger partial charge in [0.15, 0.2) is 10.6 Å². The van der Waals surface area contributed by atoms with Crippen LogP contribution in [0, 0.1) is 4.77 Å². The van der Waals surface area contributed by atoms with Gasteiger partial charge in [-0.2, -0.15) is 5.10 Å². The Hall–Kier alpha value is -2.35. The van der Waals surface area contributed by atoms with Gasteiger partial charge in [-0.05, 0) is 61.1 Å². The lowest BCUT2D eigenvalue weighted by Crippen LogP contribution is -2.24. The first-order valence-corrected chi connectivity index (χ1v) is 10.2. The summed E-state index contributed by atoms with van der Waals surface area (Å²) in [5, 5.41) is 11.0. The van der Waals surface area contributed by atoms with Crippen molar-refractivity contribution >= 4 is 41.3 Å². The van der Waals surface area contributed by atoms with Crippen LogP contribution < -0.4 is 10.1 Å². The SMILES string of the molecule is CCOc1ccc(-c2n[nH]c(=S)n2CCC(=O)NCc2ccc(Cl)cc2Cl)cc1. The van der Waals surface area contributed by atoms with E-state index >= 15 is 0 Å². The molecule has 9 heteroatoms. The van der Waals surface area contributed by atoms with Crippen molar-refractivity contribution in [3.63, 3.8) is 0 Å². The number of carbonyl (C=O) groups excluding carboxylic acids is 1. The minimum Gasteiger partial charge on any atom is -0.494 e. The van der Waals surface area contributed by atoms with Crippen LogP contribution in [-0.2, 0) is 17.9 Å². The number of aromatic nitrogens is 3. The summed E-state index contributed by atoms with van der Waals surface area (Å²) >= 11 is 17.3. The first-order chi connectivity index (χ1) is 14.0. The maximum Gasteiger partial charge on any atom is 0.222 e. The molecule has 29 heavy (non-hydrogen) atoms. The number of aromatic amines is 1. The molecule has 0 atom stereocenters. The van der Waals surface area contributed by atoms with Crippen molar-refractivity contribution in [3.05, 3.63) is 62.8 Å². The van der Waals surface area contributed by atoms with Crippen LogP contribution in [0.1, 0.15) is 18.9 Å². The van der Waals surface area contributed by atoms with Crippen LogP contribution in [0.25, 0.3) is 11.4 Å². The Bertz CT molecular complexity index is 1050. The molecule has 1 amide bonds. The molecule has 1 heterocycles. The van der Waals surface area contributed by atoms with E-state index in [2.05, 4.69) is 15.5 Å². The smallest absolute Gasteiger partial charge is 0.222 e. The van der Waals surface area contributed by atoms with Crippen molar-refractivity contribution in [3.8, 4) is 17.1 Å². The van der Waals surface area contributed by atoms with E-state index in [1.165, 1.54) is 0 Å². The molecule has 0 spiro atoms.